The zero-order chi connectivity index (χ0) is 12.3. The third kappa shape index (κ3) is 2.29. The zero-order valence-corrected chi connectivity index (χ0v) is 10.4. The number of H-pyrrole nitrogens is 1. The summed E-state index contributed by atoms with van der Waals surface area (Å²) in [4.78, 5) is 15.1. The molecule has 0 atom stereocenters. The number of alkyl halides is 1. The number of nitrogens with one attached hydrogen (secondary N) is 1. The van der Waals surface area contributed by atoms with Gasteiger partial charge >= 0.3 is 0 Å². The Balaban J connectivity index is 2.44. The lowest BCUT2D eigenvalue weighted by Gasteiger charge is -2.03. The van der Waals surface area contributed by atoms with Gasteiger partial charge in [-0.1, -0.05) is 6.07 Å². The van der Waals surface area contributed by atoms with Crippen molar-refractivity contribution in [2.75, 3.05) is 13.0 Å². The van der Waals surface area contributed by atoms with E-state index in [1.807, 2.05) is 18.2 Å². The molecule has 1 aromatic carbocycles. The standard InChI is InChI=1S/C13H14ClNO2/c1-17-12-6-2-4-10-13(12)9(8-15-10)11(16)5-3-7-14/h2,4,6,8,15H,3,5,7H2,1H3. The second kappa shape index (κ2) is 5.23. The molecule has 17 heavy (non-hydrogen) atoms. The van der Waals surface area contributed by atoms with Gasteiger partial charge < -0.3 is 9.72 Å². The van der Waals surface area contributed by atoms with Gasteiger partial charge in [-0.15, -0.1) is 11.6 Å². The quantitative estimate of drug-likeness (QED) is 0.654. The molecule has 0 saturated heterocycles. The Kier molecular flexibility index (Phi) is 3.69. The molecule has 0 aliphatic heterocycles. The molecule has 1 heterocycles. The van der Waals surface area contributed by atoms with Gasteiger partial charge in [-0.2, -0.15) is 0 Å². The van der Waals surface area contributed by atoms with E-state index in [2.05, 4.69) is 4.98 Å². The summed E-state index contributed by atoms with van der Waals surface area (Å²) in [6.07, 6.45) is 2.90. The van der Waals surface area contributed by atoms with Crippen LogP contribution in [0.25, 0.3) is 10.9 Å². The van der Waals surface area contributed by atoms with Gasteiger partial charge in [-0.25, -0.2) is 0 Å². The molecule has 4 heteroatoms. The van der Waals surface area contributed by atoms with E-state index >= 15 is 0 Å². The molecule has 0 aliphatic rings. The Bertz CT molecular complexity index is 533. The average Bonchev–Trinajstić information content (AvgIpc) is 2.79. The topological polar surface area (TPSA) is 42.1 Å². The molecule has 2 rings (SSSR count). The summed E-state index contributed by atoms with van der Waals surface area (Å²) in [7, 11) is 1.61. The van der Waals surface area contributed by atoms with Gasteiger partial charge in [-0.3, -0.25) is 4.79 Å². The molecule has 0 aliphatic carbocycles. The van der Waals surface area contributed by atoms with Crippen LogP contribution >= 0.6 is 11.6 Å². The summed E-state index contributed by atoms with van der Waals surface area (Å²) in [5, 5.41) is 0.856. The number of aromatic amines is 1. The van der Waals surface area contributed by atoms with Crippen LogP contribution in [0.1, 0.15) is 23.2 Å². The lowest BCUT2D eigenvalue weighted by atomic mass is 10.1. The molecule has 0 unspecified atom stereocenters. The third-order valence-electron chi connectivity index (χ3n) is 2.73. The molecule has 0 saturated carbocycles. The number of Topliss-reactive ketones (excluding diaryl/α,β-unsaturated/α-hetero) is 1. The highest BCUT2D eigenvalue weighted by molar-refractivity contribution is 6.18. The first kappa shape index (κ1) is 12.0. The molecule has 1 N–H and O–H groups in total. The fourth-order valence-electron chi connectivity index (χ4n) is 1.90. The monoisotopic (exact) mass is 251 g/mol. The predicted molar refractivity (Wildman–Crippen MR) is 69.1 cm³/mol. The number of fused-ring (bicyclic) bond motifs is 1. The number of carbonyl (C=O) groups is 1. The summed E-state index contributed by atoms with van der Waals surface area (Å²) in [5.74, 6) is 1.32. The summed E-state index contributed by atoms with van der Waals surface area (Å²) in [5.41, 5.74) is 1.60. The molecule has 0 amide bonds. The number of hydrogen-bond acceptors (Lipinski definition) is 2. The van der Waals surface area contributed by atoms with Crippen molar-refractivity contribution in [3.8, 4) is 5.75 Å². The Hall–Kier alpha value is -1.48. The van der Waals surface area contributed by atoms with Gasteiger partial charge in [0.15, 0.2) is 5.78 Å². The van der Waals surface area contributed by atoms with Crippen LogP contribution in [0.5, 0.6) is 5.75 Å². The van der Waals surface area contributed by atoms with Crippen molar-refractivity contribution >= 4 is 28.3 Å². The Morgan fingerprint density at radius 1 is 1.47 bits per heavy atom. The van der Waals surface area contributed by atoms with E-state index in [0.29, 0.717) is 24.3 Å². The lowest BCUT2D eigenvalue weighted by Crippen LogP contribution is -1.99. The maximum atomic E-state index is 12.0. The van der Waals surface area contributed by atoms with Crippen LogP contribution < -0.4 is 4.74 Å². The number of ether oxygens (including phenoxy) is 1. The van der Waals surface area contributed by atoms with Crippen molar-refractivity contribution in [1.82, 2.24) is 4.98 Å². The molecule has 0 radical (unpaired) electrons. The maximum absolute atomic E-state index is 12.0. The molecule has 1 aromatic heterocycles. The minimum atomic E-state index is 0.0985. The lowest BCUT2D eigenvalue weighted by molar-refractivity contribution is 0.0983. The summed E-state index contributed by atoms with van der Waals surface area (Å²) < 4.78 is 5.28. The minimum Gasteiger partial charge on any atom is -0.496 e. The van der Waals surface area contributed by atoms with Crippen molar-refractivity contribution in [2.24, 2.45) is 0 Å². The normalized spacial score (nSPS) is 10.7. The van der Waals surface area contributed by atoms with E-state index in [1.165, 1.54) is 0 Å². The second-order valence-corrected chi connectivity index (χ2v) is 4.18. The van der Waals surface area contributed by atoms with Crippen molar-refractivity contribution in [3.05, 3.63) is 30.0 Å². The number of methoxy groups -OCH3 is 1. The van der Waals surface area contributed by atoms with Gasteiger partial charge in [0.25, 0.3) is 0 Å². The summed E-state index contributed by atoms with van der Waals surface area (Å²) in [6.45, 7) is 0. The van der Waals surface area contributed by atoms with Crippen LogP contribution in [0.15, 0.2) is 24.4 Å². The number of hydrogen-bond donors (Lipinski definition) is 1. The number of rotatable bonds is 5. The number of halogens is 1. The fourth-order valence-corrected chi connectivity index (χ4v) is 2.04. The van der Waals surface area contributed by atoms with Crippen molar-refractivity contribution < 1.29 is 9.53 Å². The van der Waals surface area contributed by atoms with Crippen molar-refractivity contribution in [1.29, 1.82) is 0 Å². The first-order valence-corrected chi connectivity index (χ1v) is 6.04. The van der Waals surface area contributed by atoms with Crippen LogP contribution in [0.4, 0.5) is 0 Å². The highest BCUT2D eigenvalue weighted by Crippen LogP contribution is 2.29. The van der Waals surface area contributed by atoms with E-state index in [9.17, 15) is 4.79 Å². The Labute approximate surface area is 105 Å². The van der Waals surface area contributed by atoms with Gasteiger partial charge in [0.2, 0.25) is 0 Å². The van der Waals surface area contributed by atoms with Gasteiger partial charge in [-0.05, 0) is 18.6 Å². The number of aromatic nitrogens is 1. The highest BCUT2D eigenvalue weighted by atomic mass is 35.5. The van der Waals surface area contributed by atoms with Crippen LogP contribution in [0.2, 0.25) is 0 Å². The SMILES string of the molecule is COc1cccc2[nH]cc(C(=O)CCCCl)c12. The van der Waals surface area contributed by atoms with Gasteiger partial charge in [0.05, 0.1) is 12.5 Å². The van der Waals surface area contributed by atoms with E-state index in [-0.39, 0.29) is 5.78 Å². The maximum Gasteiger partial charge on any atom is 0.165 e. The van der Waals surface area contributed by atoms with Crippen LogP contribution in [0, 0.1) is 0 Å². The van der Waals surface area contributed by atoms with Crippen molar-refractivity contribution in [2.45, 2.75) is 12.8 Å². The molecule has 0 spiro atoms. The van der Waals surface area contributed by atoms with Crippen molar-refractivity contribution in [3.63, 3.8) is 0 Å². The first-order valence-electron chi connectivity index (χ1n) is 5.51. The molecular formula is C13H14ClNO2. The van der Waals surface area contributed by atoms with Gasteiger partial charge in [0, 0.05) is 29.6 Å². The van der Waals surface area contributed by atoms with E-state index in [1.54, 1.807) is 13.3 Å². The minimum absolute atomic E-state index is 0.0985. The van der Waals surface area contributed by atoms with Crippen LogP contribution in [0.3, 0.4) is 0 Å². The summed E-state index contributed by atoms with van der Waals surface area (Å²) >= 11 is 5.60. The van der Waals surface area contributed by atoms with Crippen LogP contribution in [-0.4, -0.2) is 23.8 Å². The predicted octanol–water partition coefficient (Wildman–Crippen LogP) is 3.38. The number of ketones is 1. The molecule has 0 fully saturated rings. The molecule has 90 valence electrons. The number of carbonyl (C=O) groups excluding carboxylic acids is 1. The zero-order valence-electron chi connectivity index (χ0n) is 9.63. The fraction of sp³-hybridized carbons (Fsp3) is 0.308. The van der Waals surface area contributed by atoms with E-state index in [4.69, 9.17) is 16.3 Å². The van der Waals surface area contributed by atoms with Gasteiger partial charge in [0.1, 0.15) is 5.75 Å². The van der Waals surface area contributed by atoms with E-state index in [0.717, 1.165) is 16.7 Å². The van der Waals surface area contributed by atoms with E-state index < -0.39 is 0 Å². The highest BCUT2D eigenvalue weighted by Gasteiger charge is 2.14. The first-order chi connectivity index (χ1) is 8.27. The summed E-state index contributed by atoms with van der Waals surface area (Å²) in [6, 6.07) is 5.68. The largest absolute Gasteiger partial charge is 0.496 e. The van der Waals surface area contributed by atoms with Crippen LogP contribution in [-0.2, 0) is 0 Å². The third-order valence-corrected chi connectivity index (χ3v) is 2.99. The second-order valence-electron chi connectivity index (χ2n) is 3.80. The molecular weight excluding hydrogens is 238 g/mol. The molecule has 2 aromatic rings. The molecule has 3 nitrogen and oxygen atoms in total. The Morgan fingerprint density at radius 2 is 2.29 bits per heavy atom. The number of benzene rings is 1. The smallest absolute Gasteiger partial charge is 0.165 e. The molecule has 0 bridgehead atoms. The Morgan fingerprint density at radius 3 is 3.00 bits per heavy atom. The average molecular weight is 252 g/mol.